The van der Waals surface area contributed by atoms with E-state index < -0.39 is 59.9 Å². The van der Waals surface area contributed by atoms with Gasteiger partial charge in [0.1, 0.15) is 0 Å². The van der Waals surface area contributed by atoms with Crippen molar-refractivity contribution >= 4 is 11.8 Å². The van der Waals surface area contributed by atoms with E-state index in [1.165, 1.54) is 16.9 Å². The van der Waals surface area contributed by atoms with E-state index in [0.717, 1.165) is 18.2 Å². The summed E-state index contributed by atoms with van der Waals surface area (Å²) in [6.07, 6.45) is -15.4. The molecule has 1 aliphatic heterocycles. The lowest BCUT2D eigenvalue weighted by Crippen LogP contribution is -2.48. The van der Waals surface area contributed by atoms with Gasteiger partial charge in [0.2, 0.25) is 0 Å². The number of hydrogen-bond donors (Lipinski definition) is 0. The van der Waals surface area contributed by atoms with E-state index in [1.807, 2.05) is 0 Å². The predicted octanol–water partition coefficient (Wildman–Crippen LogP) is 8.04. The van der Waals surface area contributed by atoms with Crippen LogP contribution in [0.4, 0.5) is 50.0 Å². The third-order valence-corrected chi connectivity index (χ3v) is 6.54. The Morgan fingerprint density at radius 1 is 0.900 bits per heavy atom. The Morgan fingerprint density at radius 3 is 1.95 bits per heavy atom. The first-order valence-corrected chi connectivity index (χ1v) is 12.2. The highest BCUT2D eigenvalue weighted by molar-refractivity contribution is 5.90. The molecule has 2 unspecified atom stereocenters. The Bertz CT molecular complexity index is 1160. The lowest BCUT2D eigenvalue weighted by atomic mass is 9.87. The van der Waals surface area contributed by atoms with E-state index >= 15 is 0 Å². The third-order valence-electron chi connectivity index (χ3n) is 6.54. The van der Waals surface area contributed by atoms with Crippen molar-refractivity contribution in [1.82, 2.24) is 4.90 Å². The number of anilines is 1. The van der Waals surface area contributed by atoms with Crippen molar-refractivity contribution in [1.29, 1.82) is 0 Å². The van der Waals surface area contributed by atoms with Crippen LogP contribution in [0.15, 0.2) is 36.4 Å². The quantitative estimate of drug-likeness (QED) is 0.243. The van der Waals surface area contributed by atoms with Crippen LogP contribution >= 0.6 is 0 Å². The largest absolute Gasteiger partial charge is 0.449 e. The van der Waals surface area contributed by atoms with Crippen LogP contribution in [0.25, 0.3) is 0 Å². The first kappa shape index (κ1) is 31.5. The summed E-state index contributed by atoms with van der Waals surface area (Å²) in [6, 6.07) is 2.31. The van der Waals surface area contributed by atoms with Gasteiger partial charge >= 0.3 is 24.6 Å². The smallest absolute Gasteiger partial charge is 0.416 e. The van der Waals surface area contributed by atoms with Gasteiger partial charge in [-0.3, -0.25) is 9.80 Å². The van der Waals surface area contributed by atoms with Gasteiger partial charge in [0.15, 0.2) is 0 Å². The molecule has 5 nitrogen and oxygen atoms in total. The van der Waals surface area contributed by atoms with Crippen molar-refractivity contribution in [3.63, 3.8) is 0 Å². The molecule has 0 spiro atoms. The normalized spacial score (nSPS) is 18.2. The van der Waals surface area contributed by atoms with Gasteiger partial charge in [0, 0.05) is 25.7 Å². The van der Waals surface area contributed by atoms with Crippen molar-refractivity contribution in [3.8, 4) is 0 Å². The molecule has 0 saturated heterocycles. The zero-order valence-corrected chi connectivity index (χ0v) is 21.7. The molecule has 2 atom stereocenters. The number of methoxy groups -OCH3 is 1. The molecule has 3 rings (SSSR count). The number of carbonyl (C=O) groups excluding carboxylic acids is 1. The number of amides is 1. The monoisotopic (exact) mass is 586 g/mol. The SMILES string of the molecule is CCOC(=O)N1c2ccc(C(F)(F)F)cc2C(N(COC)Cc2cc(C(F)(F)F)cc(C(F)(F)F)c2)CC1CC. The number of ether oxygens (including phenoxy) is 2. The summed E-state index contributed by atoms with van der Waals surface area (Å²) in [4.78, 5) is 15.4. The number of fused-ring (bicyclic) bond motifs is 1. The Labute approximate surface area is 224 Å². The molecule has 0 N–H and O–H groups in total. The summed E-state index contributed by atoms with van der Waals surface area (Å²) in [5.74, 6) is 0. The van der Waals surface area contributed by atoms with Gasteiger partial charge in [-0.25, -0.2) is 4.79 Å². The zero-order valence-electron chi connectivity index (χ0n) is 21.7. The van der Waals surface area contributed by atoms with Gasteiger partial charge in [0.05, 0.1) is 35.7 Å². The number of rotatable bonds is 7. The minimum Gasteiger partial charge on any atom is -0.449 e. The van der Waals surface area contributed by atoms with E-state index in [0.29, 0.717) is 18.6 Å². The van der Waals surface area contributed by atoms with E-state index in [1.54, 1.807) is 13.8 Å². The molecule has 0 aromatic heterocycles. The summed E-state index contributed by atoms with van der Waals surface area (Å²) < 4.78 is 132. The van der Waals surface area contributed by atoms with Crippen LogP contribution in [-0.4, -0.2) is 37.5 Å². The molecule has 0 radical (unpaired) electrons. The fourth-order valence-corrected chi connectivity index (χ4v) is 4.80. The summed E-state index contributed by atoms with van der Waals surface area (Å²) in [5.41, 5.74) is -4.33. The van der Waals surface area contributed by atoms with Crippen molar-refractivity contribution in [3.05, 3.63) is 64.2 Å². The van der Waals surface area contributed by atoms with Gasteiger partial charge in [-0.05, 0) is 67.3 Å². The van der Waals surface area contributed by atoms with Gasteiger partial charge in [-0.2, -0.15) is 39.5 Å². The van der Waals surface area contributed by atoms with Gasteiger partial charge in [-0.15, -0.1) is 0 Å². The summed E-state index contributed by atoms with van der Waals surface area (Å²) in [7, 11) is 1.23. The molecule has 1 heterocycles. The maximum absolute atomic E-state index is 13.7. The van der Waals surface area contributed by atoms with E-state index in [-0.39, 0.29) is 42.6 Å². The number of alkyl halides is 9. The van der Waals surface area contributed by atoms with Crippen LogP contribution in [0.2, 0.25) is 0 Å². The van der Waals surface area contributed by atoms with E-state index in [4.69, 9.17) is 9.47 Å². The first-order chi connectivity index (χ1) is 18.5. The van der Waals surface area contributed by atoms with Crippen molar-refractivity contribution in [2.75, 3.05) is 25.3 Å². The number of carbonyl (C=O) groups is 1. The second-order valence-electron chi connectivity index (χ2n) is 9.23. The number of hydrogen-bond acceptors (Lipinski definition) is 4. The molecule has 2 aromatic rings. The second-order valence-corrected chi connectivity index (χ2v) is 9.23. The number of benzene rings is 2. The summed E-state index contributed by atoms with van der Waals surface area (Å²) >= 11 is 0. The van der Waals surface area contributed by atoms with Crippen LogP contribution in [0, 0.1) is 0 Å². The lowest BCUT2D eigenvalue weighted by molar-refractivity contribution is -0.143. The maximum Gasteiger partial charge on any atom is 0.416 e. The highest BCUT2D eigenvalue weighted by atomic mass is 19.4. The molecule has 0 aliphatic carbocycles. The molecular formula is C26H27F9N2O3. The minimum atomic E-state index is -5.07. The molecule has 222 valence electrons. The summed E-state index contributed by atoms with van der Waals surface area (Å²) in [5, 5.41) is 0. The molecule has 2 aromatic carbocycles. The van der Waals surface area contributed by atoms with Crippen molar-refractivity contribution < 1.29 is 53.8 Å². The Balaban J connectivity index is 2.17. The highest BCUT2D eigenvalue weighted by Crippen LogP contribution is 2.45. The van der Waals surface area contributed by atoms with Crippen LogP contribution in [0.5, 0.6) is 0 Å². The maximum atomic E-state index is 13.7. The van der Waals surface area contributed by atoms with E-state index in [2.05, 4.69) is 0 Å². The second kappa shape index (κ2) is 11.9. The molecule has 14 heteroatoms. The van der Waals surface area contributed by atoms with Crippen LogP contribution in [0.3, 0.4) is 0 Å². The molecule has 40 heavy (non-hydrogen) atoms. The average molecular weight is 586 g/mol. The minimum absolute atomic E-state index is 0.0000114. The Kier molecular flexibility index (Phi) is 9.34. The average Bonchev–Trinajstić information content (AvgIpc) is 2.85. The standard InChI is InChI=1S/C26H27F9N2O3/c1-4-19-12-22(20-11-16(24(27,28)29)6-7-21(20)37(19)23(38)40-5-2)36(14-39-3)13-15-8-17(25(30,31)32)10-18(9-15)26(33,34)35/h6-11,19,22H,4-5,12-14H2,1-3H3. The molecule has 0 saturated carbocycles. The van der Waals surface area contributed by atoms with Gasteiger partial charge in [0.25, 0.3) is 0 Å². The summed E-state index contributed by atoms with van der Waals surface area (Å²) in [6.45, 7) is 2.43. The van der Waals surface area contributed by atoms with Gasteiger partial charge in [-0.1, -0.05) is 6.92 Å². The Morgan fingerprint density at radius 2 is 1.48 bits per heavy atom. The topological polar surface area (TPSA) is 42.0 Å². The highest BCUT2D eigenvalue weighted by Gasteiger charge is 2.42. The first-order valence-electron chi connectivity index (χ1n) is 12.2. The van der Waals surface area contributed by atoms with Crippen LogP contribution in [-0.2, 0) is 34.5 Å². The lowest BCUT2D eigenvalue weighted by Gasteiger charge is -2.44. The van der Waals surface area contributed by atoms with Crippen molar-refractivity contribution in [2.45, 2.75) is 63.8 Å². The fourth-order valence-electron chi connectivity index (χ4n) is 4.80. The third kappa shape index (κ3) is 7.00. The van der Waals surface area contributed by atoms with Crippen molar-refractivity contribution in [2.24, 2.45) is 0 Å². The zero-order chi connectivity index (χ0) is 30.0. The molecule has 1 aliphatic rings. The van der Waals surface area contributed by atoms with Crippen LogP contribution < -0.4 is 4.90 Å². The fraction of sp³-hybridized carbons (Fsp3) is 0.500. The predicted molar refractivity (Wildman–Crippen MR) is 126 cm³/mol. The Hall–Kier alpha value is -3.00. The molecule has 1 amide bonds. The number of halogens is 9. The molecule has 0 fully saturated rings. The van der Waals surface area contributed by atoms with E-state index in [9.17, 15) is 44.3 Å². The molecule has 0 bridgehead atoms. The van der Waals surface area contributed by atoms with Gasteiger partial charge < -0.3 is 9.47 Å². The number of nitrogens with zero attached hydrogens (tertiary/aromatic N) is 2. The van der Waals surface area contributed by atoms with Crippen LogP contribution in [0.1, 0.15) is 60.5 Å². The molecular weight excluding hydrogens is 559 g/mol.